The highest BCUT2D eigenvalue weighted by molar-refractivity contribution is 5.93. The van der Waals surface area contributed by atoms with Crippen molar-refractivity contribution in [2.45, 2.75) is 32.8 Å². The lowest BCUT2D eigenvalue weighted by molar-refractivity contribution is 0.0953. The van der Waals surface area contributed by atoms with E-state index in [-0.39, 0.29) is 11.3 Å². The average Bonchev–Trinajstić information content (AvgIpc) is 2.77. The summed E-state index contributed by atoms with van der Waals surface area (Å²) in [5, 5.41) is 0. The summed E-state index contributed by atoms with van der Waals surface area (Å²) in [4.78, 5) is 16.0. The first kappa shape index (κ1) is 20.6. The van der Waals surface area contributed by atoms with Crippen molar-refractivity contribution in [1.29, 1.82) is 0 Å². The number of hydrogen-bond donors (Lipinski definition) is 2. The van der Waals surface area contributed by atoms with Gasteiger partial charge in [0.25, 0.3) is 5.91 Å². The molecule has 5 nitrogen and oxygen atoms in total. The molecular formula is C24H27N3O2. The van der Waals surface area contributed by atoms with E-state index >= 15 is 0 Å². The Bertz CT molecular complexity index is 938. The van der Waals surface area contributed by atoms with Gasteiger partial charge in [-0.05, 0) is 53.4 Å². The minimum atomic E-state index is -0.294. The number of nitrogens with zero attached hydrogens (tertiary/aromatic N) is 1. The fraction of sp³-hybridized carbons (Fsp3) is 0.250. The van der Waals surface area contributed by atoms with Crippen LogP contribution in [-0.2, 0) is 12.0 Å². The molecule has 1 amide bonds. The molecule has 0 radical (unpaired) electrons. The number of hydrogen-bond acceptors (Lipinski definition) is 4. The molecule has 3 aromatic rings. The number of carbonyl (C=O) groups excluding carboxylic acids is 1. The van der Waals surface area contributed by atoms with E-state index in [1.807, 2.05) is 54.6 Å². The summed E-state index contributed by atoms with van der Waals surface area (Å²) < 4.78 is 5.86. The Labute approximate surface area is 171 Å². The highest BCUT2D eigenvalue weighted by Crippen LogP contribution is 2.39. The van der Waals surface area contributed by atoms with E-state index in [1.54, 1.807) is 6.20 Å². The van der Waals surface area contributed by atoms with Crippen molar-refractivity contribution in [3.05, 3.63) is 95.3 Å². The van der Waals surface area contributed by atoms with Crippen LogP contribution in [0.1, 0.15) is 48.0 Å². The first-order chi connectivity index (χ1) is 13.9. The van der Waals surface area contributed by atoms with Crippen molar-refractivity contribution < 1.29 is 9.53 Å². The number of amides is 1. The Morgan fingerprint density at radius 3 is 2.17 bits per heavy atom. The molecule has 3 rings (SSSR count). The normalized spacial score (nSPS) is 13.0. The van der Waals surface area contributed by atoms with Crippen molar-refractivity contribution in [3.8, 4) is 5.75 Å². The highest BCUT2D eigenvalue weighted by Gasteiger charge is 2.32. The van der Waals surface area contributed by atoms with Gasteiger partial charge in [-0.3, -0.25) is 15.2 Å². The van der Waals surface area contributed by atoms with Crippen LogP contribution in [0.2, 0.25) is 0 Å². The zero-order valence-electron chi connectivity index (χ0n) is 17.1. The molecule has 1 atom stereocenters. The molecule has 1 unspecified atom stereocenters. The van der Waals surface area contributed by atoms with E-state index < -0.39 is 0 Å². The zero-order chi connectivity index (χ0) is 20.9. The molecule has 5 heteroatoms. The second kappa shape index (κ2) is 8.88. The summed E-state index contributed by atoms with van der Waals surface area (Å²) in [7, 11) is 0. The van der Waals surface area contributed by atoms with Gasteiger partial charge in [-0.15, -0.1) is 0 Å². The van der Waals surface area contributed by atoms with E-state index in [2.05, 4.69) is 43.3 Å². The lowest BCUT2D eigenvalue weighted by atomic mass is 9.68. The quantitative estimate of drug-likeness (QED) is 0.360. The summed E-state index contributed by atoms with van der Waals surface area (Å²) in [6, 6.07) is 21.6. The van der Waals surface area contributed by atoms with E-state index in [4.69, 9.17) is 10.6 Å². The van der Waals surface area contributed by atoms with E-state index in [9.17, 15) is 4.79 Å². The number of ether oxygens (including phenoxy) is 1. The largest absolute Gasteiger partial charge is 0.487 e. The molecule has 0 fully saturated rings. The Kier molecular flexibility index (Phi) is 6.29. The highest BCUT2D eigenvalue weighted by atomic mass is 16.5. The number of nitrogen functional groups attached to an aromatic ring is 1. The van der Waals surface area contributed by atoms with Gasteiger partial charge < -0.3 is 4.74 Å². The second-order valence-electron chi connectivity index (χ2n) is 7.54. The molecule has 0 saturated heterocycles. The van der Waals surface area contributed by atoms with Crippen LogP contribution in [0, 0.1) is 5.92 Å². The van der Waals surface area contributed by atoms with Crippen LogP contribution in [0.3, 0.4) is 0 Å². The van der Waals surface area contributed by atoms with E-state index in [0.29, 0.717) is 18.1 Å². The van der Waals surface area contributed by atoms with Gasteiger partial charge in [-0.25, -0.2) is 5.84 Å². The molecule has 0 spiro atoms. The lowest BCUT2D eigenvalue weighted by Gasteiger charge is -2.35. The maximum absolute atomic E-state index is 11.7. The fourth-order valence-electron chi connectivity index (χ4n) is 3.42. The Hall–Kier alpha value is -3.18. The lowest BCUT2D eigenvalue weighted by Crippen LogP contribution is -2.31. The molecule has 0 bridgehead atoms. The molecule has 0 aliphatic carbocycles. The van der Waals surface area contributed by atoms with Crippen molar-refractivity contribution in [1.82, 2.24) is 10.4 Å². The number of nitrogens with one attached hydrogen (secondary N) is 1. The van der Waals surface area contributed by atoms with Crippen molar-refractivity contribution in [2.75, 3.05) is 0 Å². The molecule has 2 aromatic carbocycles. The summed E-state index contributed by atoms with van der Waals surface area (Å²) in [6.45, 7) is 7.06. The van der Waals surface area contributed by atoms with Crippen LogP contribution in [0.5, 0.6) is 5.75 Å². The van der Waals surface area contributed by atoms with Gasteiger partial charge in [0.15, 0.2) is 0 Å². The van der Waals surface area contributed by atoms with E-state index in [1.165, 1.54) is 5.56 Å². The van der Waals surface area contributed by atoms with Crippen LogP contribution in [0.4, 0.5) is 0 Å². The summed E-state index contributed by atoms with van der Waals surface area (Å²) in [6.07, 6.45) is 1.76. The fourth-order valence-corrected chi connectivity index (χ4v) is 3.42. The third-order valence-corrected chi connectivity index (χ3v) is 5.60. The number of hydrazine groups is 1. The SMILES string of the molecule is CC(C)C(C)(c1ccc(OCc2ccccn2)cc1)c1ccc(C(=O)NN)cc1. The molecular weight excluding hydrogens is 362 g/mol. The van der Waals surface area contributed by atoms with Crippen molar-refractivity contribution >= 4 is 5.91 Å². The zero-order valence-corrected chi connectivity index (χ0v) is 17.1. The van der Waals surface area contributed by atoms with E-state index in [0.717, 1.165) is 17.0 Å². The summed E-state index contributed by atoms with van der Waals surface area (Å²) >= 11 is 0. The molecule has 150 valence electrons. The van der Waals surface area contributed by atoms with Gasteiger partial charge in [0, 0.05) is 17.2 Å². The molecule has 0 aliphatic rings. The molecule has 0 saturated carbocycles. The topological polar surface area (TPSA) is 77.2 Å². The predicted molar refractivity (Wildman–Crippen MR) is 114 cm³/mol. The average molecular weight is 389 g/mol. The maximum Gasteiger partial charge on any atom is 0.265 e. The van der Waals surface area contributed by atoms with Crippen LogP contribution in [-0.4, -0.2) is 10.9 Å². The van der Waals surface area contributed by atoms with Gasteiger partial charge in [-0.1, -0.05) is 51.1 Å². The van der Waals surface area contributed by atoms with Gasteiger partial charge in [0.1, 0.15) is 12.4 Å². The second-order valence-corrected chi connectivity index (χ2v) is 7.54. The minimum absolute atomic E-state index is 0.211. The van der Waals surface area contributed by atoms with Crippen LogP contribution >= 0.6 is 0 Å². The first-order valence-corrected chi connectivity index (χ1v) is 9.70. The standard InChI is InChI=1S/C24H27N3O2/c1-17(2)24(3,19-9-7-18(8-10-19)23(28)27-25)20-11-13-22(14-12-20)29-16-21-6-4-5-15-26-21/h4-15,17H,16,25H2,1-3H3,(H,27,28). The number of benzene rings is 2. The third-order valence-electron chi connectivity index (χ3n) is 5.60. The predicted octanol–water partition coefficient (Wildman–Crippen LogP) is 4.23. The van der Waals surface area contributed by atoms with Crippen LogP contribution in [0.15, 0.2) is 72.9 Å². The van der Waals surface area contributed by atoms with Gasteiger partial charge >= 0.3 is 0 Å². The molecule has 3 N–H and O–H groups in total. The van der Waals surface area contributed by atoms with Crippen molar-refractivity contribution in [2.24, 2.45) is 11.8 Å². The first-order valence-electron chi connectivity index (χ1n) is 9.70. The Morgan fingerprint density at radius 2 is 1.66 bits per heavy atom. The molecule has 1 aromatic heterocycles. The third kappa shape index (κ3) is 4.46. The van der Waals surface area contributed by atoms with Gasteiger partial charge in [-0.2, -0.15) is 0 Å². The van der Waals surface area contributed by atoms with Crippen LogP contribution in [0.25, 0.3) is 0 Å². The summed E-state index contributed by atoms with van der Waals surface area (Å²) in [5.74, 6) is 6.08. The van der Waals surface area contributed by atoms with Gasteiger partial charge in [0.2, 0.25) is 0 Å². The number of aromatic nitrogens is 1. The number of nitrogens with two attached hydrogens (primary N) is 1. The Morgan fingerprint density at radius 1 is 1.03 bits per heavy atom. The number of rotatable bonds is 7. The Balaban J connectivity index is 1.82. The molecule has 29 heavy (non-hydrogen) atoms. The van der Waals surface area contributed by atoms with Crippen molar-refractivity contribution in [3.63, 3.8) is 0 Å². The van der Waals surface area contributed by atoms with Crippen LogP contribution < -0.4 is 16.0 Å². The minimum Gasteiger partial charge on any atom is -0.487 e. The van der Waals surface area contributed by atoms with Gasteiger partial charge in [0.05, 0.1) is 5.69 Å². The monoisotopic (exact) mass is 389 g/mol. The summed E-state index contributed by atoms with van der Waals surface area (Å²) in [5.41, 5.74) is 5.72. The number of pyridine rings is 1. The maximum atomic E-state index is 11.7. The molecule has 1 heterocycles. The number of carbonyl (C=O) groups is 1. The smallest absolute Gasteiger partial charge is 0.265 e. The molecule has 0 aliphatic heterocycles.